The summed E-state index contributed by atoms with van der Waals surface area (Å²) < 4.78 is 6.27. The van der Waals surface area contributed by atoms with Gasteiger partial charge in [0.15, 0.2) is 6.61 Å². The van der Waals surface area contributed by atoms with Gasteiger partial charge in [-0.05, 0) is 24.6 Å². The lowest BCUT2D eigenvalue weighted by Crippen LogP contribution is -2.46. The van der Waals surface area contributed by atoms with Gasteiger partial charge in [-0.25, -0.2) is 0 Å². The van der Waals surface area contributed by atoms with Gasteiger partial charge >= 0.3 is 0 Å². The highest BCUT2D eigenvalue weighted by atomic mass is 79.9. The molecule has 2 N–H and O–H groups in total. The summed E-state index contributed by atoms with van der Waals surface area (Å²) in [7, 11) is 0. The molecule has 0 saturated carbocycles. The Kier molecular flexibility index (Phi) is 5.31. The van der Waals surface area contributed by atoms with Crippen LogP contribution in [-0.4, -0.2) is 49.0 Å². The molecule has 1 atom stereocenters. The van der Waals surface area contributed by atoms with Gasteiger partial charge in [-0.3, -0.25) is 14.5 Å². The number of benzene rings is 1. The molecule has 0 radical (unpaired) electrons. The lowest BCUT2D eigenvalue weighted by atomic mass is 10.2. The Morgan fingerprint density at radius 1 is 1.45 bits per heavy atom. The third-order valence-corrected chi connectivity index (χ3v) is 4.23. The third kappa shape index (κ3) is 3.37. The number of halogens is 2. The van der Waals surface area contributed by atoms with E-state index in [-0.39, 0.29) is 43.4 Å². The maximum Gasteiger partial charge on any atom is 0.265 e. The molecule has 120 valence electrons. The number of nitrogens with zero attached hydrogens (tertiary/aromatic N) is 2. The van der Waals surface area contributed by atoms with Crippen LogP contribution in [0.25, 0.3) is 0 Å². The molecule has 0 unspecified atom stereocenters. The molecule has 2 aliphatic heterocycles. The van der Waals surface area contributed by atoms with Gasteiger partial charge < -0.3 is 15.4 Å². The maximum absolute atomic E-state index is 12.3. The van der Waals surface area contributed by atoms with E-state index in [2.05, 4.69) is 15.9 Å². The molecule has 0 aromatic heterocycles. The average Bonchev–Trinajstić information content (AvgIpc) is 2.88. The Balaban J connectivity index is 0.00000176. The molecule has 3 rings (SSSR count). The zero-order valence-electron chi connectivity index (χ0n) is 11.8. The van der Waals surface area contributed by atoms with Crippen LogP contribution >= 0.6 is 28.3 Å². The van der Waals surface area contributed by atoms with Crippen LogP contribution < -0.4 is 15.4 Å². The molecule has 0 bridgehead atoms. The summed E-state index contributed by atoms with van der Waals surface area (Å²) in [5, 5.41) is 0. The number of fused-ring (bicyclic) bond motifs is 1. The van der Waals surface area contributed by atoms with Crippen molar-refractivity contribution < 1.29 is 14.3 Å². The highest BCUT2D eigenvalue weighted by molar-refractivity contribution is 9.10. The van der Waals surface area contributed by atoms with Crippen molar-refractivity contribution in [1.82, 2.24) is 4.90 Å². The predicted octanol–water partition coefficient (Wildman–Crippen LogP) is 1.16. The number of hydrogen-bond acceptors (Lipinski definition) is 4. The number of amides is 2. The summed E-state index contributed by atoms with van der Waals surface area (Å²) >= 11 is 3.36. The number of likely N-dealkylation sites (tertiary alicyclic amines) is 1. The number of carbonyl (C=O) groups excluding carboxylic acids is 2. The Labute approximate surface area is 143 Å². The van der Waals surface area contributed by atoms with Crippen molar-refractivity contribution in [3.05, 3.63) is 22.7 Å². The quantitative estimate of drug-likeness (QED) is 0.822. The monoisotopic (exact) mass is 389 g/mol. The lowest BCUT2D eigenvalue weighted by Gasteiger charge is -2.30. The second-order valence-electron chi connectivity index (χ2n) is 5.27. The van der Waals surface area contributed by atoms with Crippen molar-refractivity contribution in [2.45, 2.75) is 12.5 Å². The van der Waals surface area contributed by atoms with Gasteiger partial charge in [0.05, 0.1) is 5.69 Å². The molecule has 1 aromatic carbocycles. The summed E-state index contributed by atoms with van der Waals surface area (Å²) in [6.07, 6.45) is 0.812. The molecule has 2 aliphatic rings. The fourth-order valence-electron chi connectivity index (χ4n) is 2.60. The SMILES string of the molecule is Cl.N[C@@H]1CCN(C(=O)CN2C(=O)COc3cc(Br)ccc32)C1. The number of nitrogens with two attached hydrogens (primary N) is 1. The minimum absolute atomic E-state index is 0. The molecule has 1 aromatic rings. The lowest BCUT2D eigenvalue weighted by molar-refractivity contribution is -0.131. The van der Waals surface area contributed by atoms with Crippen molar-refractivity contribution in [3.8, 4) is 5.75 Å². The Hall–Kier alpha value is -1.31. The van der Waals surface area contributed by atoms with Gasteiger partial charge in [0, 0.05) is 23.6 Å². The highest BCUT2D eigenvalue weighted by Crippen LogP contribution is 2.34. The van der Waals surface area contributed by atoms with E-state index >= 15 is 0 Å². The van der Waals surface area contributed by atoms with Crippen LogP contribution in [0.3, 0.4) is 0 Å². The van der Waals surface area contributed by atoms with E-state index in [0.29, 0.717) is 24.5 Å². The molecule has 6 nitrogen and oxygen atoms in total. The van der Waals surface area contributed by atoms with Crippen LogP contribution in [0.2, 0.25) is 0 Å². The second kappa shape index (κ2) is 6.85. The van der Waals surface area contributed by atoms with Gasteiger partial charge in [-0.15, -0.1) is 12.4 Å². The van der Waals surface area contributed by atoms with Gasteiger partial charge in [0.1, 0.15) is 12.3 Å². The van der Waals surface area contributed by atoms with Crippen molar-refractivity contribution >= 4 is 45.8 Å². The largest absolute Gasteiger partial charge is 0.482 e. The molecule has 2 heterocycles. The standard InChI is InChI=1S/C14H16BrN3O3.ClH/c15-9-1-2-11-12(5-9)21-8-14(20)18(11)7-13(19)17-4-3-10(16)6-17;/h1-2,5,10H,3-4,6-8,16H2;1H/t10-;/m1./s1. The average molecular weight is 391 g/mol. The van der Waals surface area contributed by atoms with Crippen molar-refractivity contribution in [2.24, 2.45) is 5.73 Å². The Bertz CT molecular complexity index is 599. The molecular formula is C14H17BrClN3O3. The van der Waals surface area contributed by atoms with Gasteiger partial charge in [0.2, 0.25) is 5.91 Å². The number of carbonyl (C=O) groups is 2. The fourth-order valence-corrected chi connectivity index (χ4v) is 2.94. The van der Waals surface area contributed by atoms with Gasteiger partial charge in [0.25, 0.3) is 5.91 Å². The third-order valence-electron chi connectivity index (χ3n) is 3.74. The molecule has 0 aliphatic carbocycles. The number of anilines is 1. The van der Waals surface area contributed by atoms with Crippen molar-refractivity contribution in [2.75, 3.05) is 31.1 Å². The summed E-state index contributed by atoms with van der Waals surface area (Å²) in [5.74, 6) is 0.323. The molecule has 1 fully saturated rings. The normalized spacial score (nSPS) is 20.3. The van der Waals surface area contributed by atoms with E-state index in [4.69, 9.17) is 10.5 Å². The van der Waals surface area contributed by atoms with Crippen molar-refractivity contribution in [3.63, 3.8) is 0 Å². The van der Waals surface area contributed by atoms with E-state index < -0.39 is 0 Å². The molecular weight excluding hydrogens is 374 g/mol. The maximum atomic E-state index is 12.3. The minimum atomic E-state index is -0.207. The molecule has 2 amide bonds. The smallest absolute Gasteiger partial charge is 0.265 e. The highest BCUT2D eigenvalue weighted by Gasteiger charge is 2.31. The van der Waals surface area contributed by atoms with E-state index in [1.165, 1.54) is 4.90 Å². The number of ether oxygens (including phenoxy) is 1. The summed E-state index contributed by atoms with van der Waals surface area (Å²) in [4.78, 5) is 27.6. The predicted molar refractivity (Wildman–Crippen MR) is 88.4 cm³/mol. The zero-order chi connectivity index (χ0) is 15.0. The van der Waals surface area contributed by atoms with Crippen LogP contribution in [0.1, 0.15) is 6.42 Å². The van der Waals surface area contributed by atoms with Gasteiger partial charge in [-0.1, -0.05) is 15.9 Å². The van der Waals surface area contributed by atoms with Crippen LogP contribution in [0.5, 0.6) is 5.75 Å². The summed E-state index contributed by atoms with van der Waals surface area (Å²) in [6, 6.07) is 5.44. The zero-order valence-corrected chi connectivity index (χ0v) is 14.2. The molecule has 8 heteroatoms. The van der Waals surface area contributed by atoms with Crippen LogP contribution in [-0.2, 0) is 9.59 Å². The number of hydrogen-bond donors (Lipinski definition) is 1. The van der Waals surface area contributed by atoms with E-state index in [1.807, 2.05) is 6.07 Å². The molecule has 22 heavy (non-hydrogen) atoms. The second-order valence-corrected chi connectivity index (χ2v) is 6.18. The fraction of sp³-hybridized carbons (Fsp3) is 0.429. The Morgan fingerprint density at radius 2 is 2.23 bits per heavy atom. The van der Waals surface area contributed by atoms with E-state index in [9.17, 15) is 9.59 Å². The molecule has 0 spiro atoms. The Morgan fingerprint density at radius 3 is 2.91 bits per heavy atom. The van der Waals surface area contributed by atoms with Crippen LogP contribution in [0.4, 0.5) is 5.69 Å². The topological polar surface area (TPSA) is 75.9 Å². The number of rotatable bonds is 2. The van der Waals surface area contributed by atoms with Crippen molar-refractivity contribution in [1.29, 1.82) is 0 Å². The van der Waals surface area contributed by atoms with Gasteiger partial charge in [-0.2, -0.15) is 0 Å². The first-order valence-corrected chi connectivity index (χ1v) is 7.60. The van der Waals surface area contributed by atoms with Crippen LogP contribution in [0, 0.1) is 0 Å². The van der Waals surface area contributed by atoms with Crippen LogP contribution in [0.15, 0.2) is 22.7 Å². The first kappa shape index (κ1) is 17.1. The summed E-state index contributed by atoms with van der Waals surface area (Å²) in [6.45, 7) is 1.20. The first-order chi connectivity index (χ1) is 10.0. The summed E-state index contributed by atoms with van der Waals surface area (Å²) in [5.41, 5.74) is 6.45. The molecule has 1 saturated heterocycles. The minimum Gasteiger partial charge on any atom is -0.482 e. The van der Waals surface area contributed by atoms with E-state index in [1.54, 1.807) is 17.0 Å². The van der Waals surface area contributed by atoms with E-state index in [0.717, 1.165) is 10.9 Å². The first-order valence-electron chi connectivity index (χ1n) is 6.80.